The van der Waals surface area contributed by atoms with Gasteiger partial charge in [0.05, 0.1) is 19.7 Å². The lowest BCUT2D eigenvalue weighted by Crippen LogP contribution is -3.12. The maximum absolute atomic E-state index is 12.6. The number of quaternary nitrogens is 1. The number of esters is 1. The Bertz CT molecular complexity index is 575. The van der Waals surface area contributed by atoms with Crippen LogP contribution in [-0.4, -0.2) is 49.7 Å². The van der Waals surface area contributed by atoms with Crippen molar-refractivity contribution in [2.24, 2.45) is 0 Å². The molecule has 144 valence electrons. The van der Waals surface area contributed by atoms with Gasteiger partial charge in [-0.3, -0.25) is 0 Å². The van der Waals surface area contributed by atoms with Gasteiger partial charge >= 0.3 is 12.0 Å². The van der Waals surface area contributed by atoms with Crippen molar-refractivity contribution in [3.63, 3.8) is 0 Å². The highest BCUT2D eigenvalue weighted by molar-refractivity contribution is 6.17. The summed E-state index contributed by atoms with van der Waals surface area (Å²) in [5.74, 6) is 0.146. The van der Waals surface area contributed by atoms with Gasteiger partial charge in [-0.15, -0.1) is 11.6 Å². The summed E-state index contributed by atoms with van der Waals surface area (Å²) in [5, 5.41) is 5.63. The molecule has 1 aromatic carbocycles. The highest BCUT2D eigenvalue weighted by atomic mass is 35.5. The SMILES string of the molecule is CCOC(=O)C1(NC(=O)NCCCCl)CC[NH+](Cc2ccccc2)CC1. The number of piperidine rings is 1. The molecule has 1 aliphatic heterocycles. The van der Waals surface area contributed by atoms with E-state index in [1.165, 1.54) is 10.5 Å². The summed E-state index contributed by atoms with van der Waals surface area (Å²) in [5.41, 5.74) is 0.333. The van der Waals surface area contributed by atoms with E-state index in [4.69, 9.17) is 16.3 Å². The van der Waals surface area contributed by atoms with Crippen LogP contribution in [-0.2, 0) is 16.1 Å². The largest absolute Gasteiger partial charge is 0.464 e. The zero-order chi connectivity index (χ0) is 18.8. The van der Waals surface area contributed by atoms with E-state index in [1.54, 1.807) is 6.92 Å². The molecule has 0 radical (unpaired) electrons. The number of carbonyl (C=O) groups excluding carboxylic acids is 2. The molecule has 6 nitrogen and oxygen atoms in total. The first-order chi connectivity index (χ1) is 12.6. The molecule has 1 fully saturated rings. The smallest absolute Gasteiger partial charge is 0.332 e. The molecule has 1 aliphatic rings. The highest BCUT2D eigenvalue weighted by Crippen LogP contribution is 2.19. The number of ether oxygens (including phenoxy) is 1. The van der Waals surface area contributed by atoms with Gasteiger partial charge in [-0.05, 0) is 13.3 Å². The van der Waals surface area contributed by atoms with Gasteiger partial charge in [0.1, 0.15) is 12.1 Å². The molecule has 0 saturated carbocycles. The highest BCUT2D eigenvalue weighted by Gasteiger charge is 2.45. The Morgan fingerprint density at radius 2 is 1.92 bits per heavy atom. The van der Waals surface area contributed by atoms with Crippen molar-refractivity contribution in [2.45, 2.75) is 38.3 Å². The first kappa shape index (κ1) is 20.5. The molecule has 2 rings (SSSR count). The predicted molar refractivity (Wildman–Crippen MR) is 101 cm³/mol. The molecule has 0 aromatic heterocycles. The lowest BCUT2D eigenvalue weighted by atomic mass is 9.87. The van der Waals surface area contributed by atoms with Crippen molar-refractivity contribution >= 4 is 23.6 Å². The Kier molecular flexibility index (Phi) is 8.19. The third kappa shape index (κ3) is 5.88. The minimum absolute atomic E-state index is 0.302. The zero-order valence-electron chi connectivity index (χ0n) is 15.4. The van der Waals surface area contributed by atoms with Crippen LogP contribution in [0.2, 0.25) is 0 Å². The Morgan fingerprint density at radius 3 is 2.54 bits per heavy atom. The maximum atomic E-state index is 12.6. The van der Waals surface area contributed by atoms with Gasteiger partial charge in [0, 0.05) is 30.8 Å². The normalized spacial score (nSPS) is 22.5. The molecule has 0 aliphatic carbocycles. The van der Waals surface area contributed by atoms with Gasteiger partial charge in [0.2, 0.25) is 0 Å². The molecule has 0 atom stereocenters. The fraction of sp³-hybridized carbons (Fsp3) is 0.579. The zero-order valence-corrected chi connectivity index (χ0v) is 16.1. The van der Waals surface area contributed by atoms with E-state index in [-0.39, 0.29) is 12.0 Å². The first-order valence-electron chi connectivity index (χ1n) is 9.26. The second-order valence-electron chi connectivity index (χ2n) is 6.64. The lowest BCUT2D eigenvalue weighted by Gasteiger charge is -2.38. The van der Waals surface area contributed by atoms with E-state index in [0.717, 1.165) is 19.6 Å². The molecule has 2 amide bonds. The summed E-state index contributed by atoms with van der Waals surface area (Å²) in [4.78, 5) is 26.2. The summed E-state index contributed by atoms with van der Waals surface area (Å²) >= 11 is 5.63. The van der Waals surface area contributed by atoms with Crippen LogP contribution >= 0.6 is 11.6 Å². The minimum atomic E-state index is -0.943. The number of halogens is 1. The van der Waals surface area contributed by atoms with Crippen molar-refractivity contribution < 1.29 is 19.2 Å². The van der Waals surface area contributed by atoms with E-state index in [2.05, 4.69) is 22.8 Å². The number of hydrogen-bond donors (Lipinski definition) is 3. The molecule has 1 heterocycles. The molecule has 3 N–H and O–H groups in total. The number of hydrogen-bond acceptors (Lipinski definition) is 3. The van der Waals surface area contributed by atoms with Crippen LogP contribution in [0.4, 0.5) is 4.79 Å². The van der Waals surface area contributed by atoms with E-state index >= 15 is 0 Å². The van der Waals surface area contributed by atoms with Gasteiger partial charge in [-0.25, -0.2) is 9.59 Å². The molecule has 26 heavy (non-hydrogen) atoms. The molecule has 0 bridgehead atoms. The third-order valence-electron chi connectivity index (χ3n) is 4.72. The summed E-state index contributed by atoms with van der Waals surface area (Å²) in [6.07, 6.45) is 1.82. The number of urea groups is 1. The Balaban J connectivity index is 1.96. The fourth-order valence-electron chi connectivity index (χ4n) is 3.27. The van der Waals surface area contributed by atoms with Gasteiger partial charge in [-0.1, -0.05) is 30.3 Å². The average molecular weight is 383 g/mol. The van der Waals surface area contributed by atoms with Gasteiger partial charge in [0.15, 0.2) is 0 Å². The molecule has 0 spiro atoms. The Morgan fingerprint density at radius 1 is 1.23 bits per heavy atom. The second-order valence-corrected chi connectivity index (χ2v) is 7.02. The quantitative estimate of drug-likeness (QED) is 0.358. The molecule has 1 aromatic rings. The van der Waals surface area contributed by atoms with Crippen molar-refractivity contribution in [3.8, 4) is 0 Å². The van der Waals surface area contributed by atoms with E-state index in [9.17, 15) is 9.59 Å². The van der Waals surface area contributed by atoms with Crippen LogP contribution in [0.5, 0.6) is 0 Å². The minimum Gasteiger partial charge on any atom is -0.464 e. The van der Waals surface area contributed by atoms with Crippen molar-refractivity contribution in [2.75, 3.05) is 32.1 Å². The predicted octanol–water partition coefficient (Wildman–Crippen LogP) is 1.10. The van der Waals surface area contributed by atoms with E-state index in [0.29, 0.717) is 38.3 Å². The number of alkyl halides is 1. The van der Waals surface area contributed by atoms with E-state index in [1.807, 2.05) is 18.2 Å². The number of likely N-dealkylation sites (tertiary alicyclic amines) is 1. The molecule has 7 heteroatoms. The lowest BCUT2D eigenvalue weighted by molar-refractivity contribution is -0.919. The van der Waals surface area contributed by atoms with Crippen LogP contribution < -0.4 is 15.5 Å². The van der Waals surface area contributed by atoms with E-state index < -0.39 is 5.54 Å². The standard InChI is InChI=1S/C19H28ClN3O3/c1-2-26-17(24)19(22-18(25)21-12-6-11-20)9-13-23(14-10-19)15-16-7-4-3-5-8-16/h3-5,7-8H,2,6,9-15H2,1H3,(H2,21,22,25)/p+1. The molecule has 1 saturated heterocycles. The van der Waals surface area contributed by atoms with Crippen molar-refractivity contribution in [1.82, 2.24) is 10.6 Å². The Hall–Kier alpha value is -1.79. The molecular formula is C19H29ClN3O3+. The molecular weight excluding hydrogens is 354 g/mol. The topological polar surface area (TPSA) is 71.9 Å². The molecule has 0 unspecified atom stereocenters. The second kappa shape index (κ2) is 10.4. The van der Waals surface area contributed by atoms with Gasteiger partial charge in [0.25, 0.3) is 0 Å². The summed E-state index contributed by atoms with van der Waals surface area (Å²) in [6.45, 7) is 5.09. The number of nitrogens with one attached hydrogen (secondary N) is 3. The number of rotatable bonds is 8. The average Bonchev–Trinajstić information content (AvgIpc) is 2.65. The Labute approximate surface area is 160 Å². The fourth-order valence-corrected chi connectivity index (χ4v) is 3.40. The van der Waals surface area contributed by atoms with Gasteiger partial charge in [-0.2, -0.15) is 0 Å². The third-order valence-corrected chi connectivity index (χ3v) is 4.99. The number of benzene rings is 1. The van der Waals surface area contributed by atoms with Crippen LogP contribution in [0.25, 0.3) is 0 Å². The van der Waals surface area contributed by atoms with Crippen LogP contribution in [0.15, 0.2) is 30.3 Å². The summed E-state index contributed by atoms with van der Waals surface area (Å²) in [7, 11) is 0. The monoisotopic (exact) mass is 382 g/mol. The van der Waals surface area contributed by atoms with Crippen LogP contribution in [0.1, 0.15) is 31.7 Å². The van der Waals surface area contributed by atoms with Crippen LogP contribution in [0.3, 0.4) is 0 Å². The number of amides is 2. The van der Waals surface area contributed by atoms with Gasteiger partial charge < -0.3 is 20.3 Å². The number of carbonyl (C=O) groups is 2. The maximum Gasteiger partial charge on any atom is 0.332 e. The summed E-state index contributed by atoms with van der Waals surface area (Å²) in [6, 6.07) is 9.97. The van der Waals surface area contributed by atoms with Crippen molar-refractivity contribution in [3.05, 3.63) is 35.9 Å². The van der Waals surface area contributed by atoms with Crippen LogP contribution in [0, 0.1) is 0 Å². The van der Waals surface area contributed by atoms with Crippen molar-refractivity contribution in [1.29, 1.82) is 0 Å². The summed E-state index contributed by atoms with van der Waals surface area (Å²) < 4.78 is 5.25. The first-order valence-corrected chi connectivity index (χ1v) is 9.80.